The predicted octanol–water partition coefficient (Wildman–Crippen LogP) is 2.80. The minimum Gasteiger partial charge on any atom is -0.329 e. The summed E-state index contributed by atoms with van der Waals surface area (Å²) in [6.45, 7) is 0. The zero-order valence-electron chi connectivity index (χ0n) is 9.76. The molecule has 0 bridgehead atoms. The fourth-order valence-corrected chi connectivity index (χ4v) is 2.29. The minimum atomic E-state index is -0.101. The van der Waals surface area contributed by atoms with Crippen LogP contribution in [0.1, 0.15) is 0 Å². The summed E-state index contributed by atoms with van der Waals surface area (Å²) in [6.07, 6.45) is 3.54. The van der Waals surface area contributed by atoms with E-state index < -0.39 is 0 Å². The third kappa shape index (κ3) is 3.27. The number of hydrogen-bond donors (Lipinski definition) is 1. The van der Waals surface area contributed by atoms with Crippen LogP contribution in [-0.4, -0.2) is 21.2 Å². The number of halogens is 1. The van der Waals surface area contributed by atoms with Gasteiger partial charge in [0.25, 0.3) is 0 Å². The summed E-state index contributed by atoms with van der Waals surface area (Å²) in [7, 11) is 1.89. The molecule has 0 radical (unpaired) electrons. The van der Waals surface area contributed by atoms with Gasteiger partial charge in [-0.2, -0.15) is 0 Å². The van der Waals surface area contributed by atoms with Crippen LogP contribution < -0.4 is 5.32 Å². The SMILES string of the molecule is Cn1ccnc1SCC(=O)Nc1ccccc1Cl. The molecule has 4 nitrogen and oxygen atoms in total. The number of amides is 1. The van der Waals surface area contributed by atoms with Crippen molar-refractivity contribution in [3.63, 3.8) is 0 Å². The Kier molecular flexibility index (Phi) is 4.28. The molecule has 0 aliphatic heterocycles. The second kappa shape index (κ2) is 5.93. The molecule has 2 rings (SSSR count). The summed E-state index contributed by atoms with van der Waals surface area (Å²) in [4.78, 5) is 15.9. The zero-order valence-corrected chi connectivity index (χ0v) is 11.3. The Labute approximate surface area is 114 Å². The molecule has 0 unspecified atom stereocenters. The minimum absolute atomic E-state index is 0.101. The monoisotopic (exact) mass is 281 g/mol. The van der Waals surface area contributed by atoms with Gasteiger partial charge in [-0.1, -0.05) is 35.5 Å². The lowest BCUT2D eigenvalue weighted by molar-refractivity contribution is -0.113. The maximum Gasteiger partial charge on any atom is 0.234 e. The Balaban J connectivity index is 1.90. The topological polar surface area (TPSA) is 46.9 Å². The molecule has 1 aromatic carbocycles. The molecule has 2 aromatic rings. The Morgan fingerprint density at radius 2 is 2.28 bits per heavy atom. The van der Waals surface area contributed by atoms with Crippen LogP contribution in [0.2, 0.25) is 5.02 Å². The molecule has 1 aromatic heterocycles. The van der Waals surface area contributed by atoms with Gasteiger partial charge in [-0.3, -0.25) is 4.79 Å². The Morgan fingerprint density at radius 1 is 1.50 bits per heavy atom. The van der Waals surface area contributed by atoms with E-state index in [-0.39, 0.29) is 5.91 Å². The van der Waals surface area contributed by atoms with Gasteiger partial charge in [0.15, 0.2) is 5.16 Å². The van der Waals surface area contributed by atoms with Crippen molar-refractivity contribution in [1.82, 2.24) is 9.55 Å². The van der Waals surface area contributed by atoms with Gasteiger partial charge in [-0.15, -0.1) is 0 Å². The molecule has 18 heavy (non-hydrogen) atoms. The highest BCUT2D eigenvalue weighted by Gasteiger charge is 2.07. The fraction of sp³-hybridized carbons (Fsp3) is 0.167. The number of aryl methyl sites for hydroxylation is 1. The Morgan fingerprint density at radius 3 is 2.94 bits per heavy atom. The van der Waals surface area contributed by atoms with Crippen LogP contribution >= 0.6 is 23.4 Å². The van der Waals surface area contributed by atoms with E-state index >= 15 is 0 Å². The van der Waals surface area contributed by atoms with E-state index in [1.54, 1.807) is 18.3 Å². The normalized spacial score (nSPS) is 10.3. The van der Waals surface area contributed by atoms with Gasteiger partial charge < -0.3 is 9.88 Å². The summed E-state index contributed by atoms with van der Waals surface area (Å²) in [5.41, 5.74) is 0.629. The molecule has 0 aliphatic rings. The van der Waals surface area contributed by atoms with Gasteiger partial charge in [-0.25, -0.2) is 4.98 Å². The van der Waals surface area contributed by atoms with Crippen molar-refractivity contribution in [2.45, 2.75) is 5.16 Å². The molecular formula is C12H12ClN3OS. The number of para-hydroxylation sites is 1. The molecule has 0 saturated carbocycles. The summed E-state index contributed by atoms with van der Waals surface area (Å²) < 4.78 is 1.87. The highest BCUT2D eigenvalue weighted by atomic mass is 35.5. The number of nitrogens with one attached hydrogen (secondary N) is 1. The summed E-state index contributed by atoms with van der Waals surface area (Å²) >= 11 is 7.34. The lowest BCUT2D eigenvalue weighted by atomic mass is 10.3. The average molecular weight is 282 g/mol. The highest BCUT2D eigenvalue weighted by molar-refractivity contribution is 7.99. The van der Waals surface area contributed by atoms with Crippen LogP contribution in [0.25, 0.3) is 0 Å². The van der Waals surface area contributed by atoms with Gasteiger partial charge in [0, 0.05) is 19.4 Å². The first-order valence-electron chi connectivity index (χ1n) is 5.31. The van der Waals surface area contributed by atoms with E-state index in [4.69, 9.17) is 11.6 Å². The molecule has 1 amide bonds. The fourth-order valence-electron chi connectivity index (χ4n) is 1.37. The zero-order chi connectivity index (χ0) is 13.0. The molecule has 0 atom stereocenters. The molecule has 1 N–H and O–H groups in total. The first-order chi connectivity index (χ1) is 8.66. The maximum atomic E-state index is 11.7. The molecule has 6 heteroatoms. The number of nitrogens with zero attached hydrogens (tertiary/aromatic N) is 2. The van der Waals surface area contributed by atoms with Gasteiger partial charge >= 0.3 is 0 Å². The molecule has 0 aliphatic carbocycles. The van der Waals surface area contributed by atoms with Crippen LogP contribution in [0, 0.1) is 0 Å². The van der Waals surface area contributed by atoms with Gasteiger partial charge in [0.05, 0.1) is 16.5 Å². The van der Waals surface area contributed by atoms with Crippen molar-refractivity contribution in [2.24, 2.45) is 7.05 Å². The largest absolute Gasteiger partial charge is 0.329 e. The standard InChI is InChI=1S/C12H12ClN3OS/c1-16-7-6-14-12(16)18-8-11(17)15-10-5-3-2-4-9(10)13/h2-7H,8H2,1H3,(H,15,17). The number of thioether (sulfide) groups is 1. The number of anilines is 1. The Hall–Kier alpha value is -1.46. The van der Waals surface area contributed by atoms with Crippen molar-refractivity contribution in [2.75, 3.05) is 11.1 Å². The first-order valence-corrected chi connectivity index (χ1v) is 6.67. The number of rotatable bonds is 4. The quantitative estimate of drug-likeness (QED) is 0.877. The van der Waals surface area contributed by atoms with Gasteiger partial charge in [0.1, 0.15) is 0 Å². The number of aromatic nitrogens is 2. The van der Waals surface area contributed by atoms with Crippen molar-refractivity contribution < 1.29 is 4.79 Å². The molecule has 0 fully saturated rings. The second-order valence-electron chi connectivity index (χ2n) is 3.64. The summed E-state index contributed by atoms with van der Waals surface area (Å²) in [6, 6.07) is 7.16. The molecule has 1 heterocycles. The van der Waals surface area contributed by atoms with Crippen molar-refractivity contribution in [1.29, 1.82) is 0 Å². The molecule has 0 saturated heterocycles. The van der Waals surface area contributed by atoms with E-state index in [0.29, 0.717) is 16.5 Å². The molecular weight excluding hydrogens is 270 g/mol. The number of carbonyl (C=O) groups is 1. The second-order valence-corrected chi connectivity index (χ2v) is 4.99. The lowest BCUT2D eigenvalue weighted by Crippen LogP contribution is -2.14. The summed E-state index contributed by atoms with van der Waals surface area (Å²) in [5.74, 6) is 0.201. The van der Waals surface area contributed by atoms with Crippen molar-refractivity contribution in [3.05, 3.63) is 41.7 Å². The Bertz CT molecular complexity index is 556. The number of imidazole rings is 1. The van der Waals surface area contributed by atoms with Gasteiger partial charge in [0.2, 0.25) is 5.91 Å². The van der Waals surface area contributed by atoms with E-state index in [1.807, 2.05) is 29.9 Å². The van der Waals surface area contributed by atoms with Gasteiger partial charge in [-0.05, 0) is 12.1 Å². The molecule has 0 spiro atoms. The predicted molar refractivity (Wildman–Crippen MR) is 74.0 cm³/mol. The molecule has 94 valence electrons. The average Bonchev–Trinajstić information content (AvgIpc) is 2.75. The van der Waals surface area contributed by atoms with Crippen LogP contribution in [0.4, 0.5) is 5.69 Å². The number of hydrogen-bond acceptors (Lipinski definition) is 3. The highest BCUT2D eigenvalue weighted by Crippen LogP contribution is 2.21. The van der Waals surface area contributed by atoms with E-state index in [9.17, 15) is 4.79 Å². The van der Waals surface area contributed by atoms with E-state index in [0.717, 1.165) is 5.16 Å². The smallest absolute Gasteiger partial charge is 0.234 e. The first kappa shape index (κ1) is 13.0. The van der Waals surface area contributed by atoms with Crippen LogP contribution in [0.5, 0.6) is 0 Å². The number of benzene rings is 1. The van der Waals surface area contributed by atoms with E-state index in [1.165, 1.54) is 11.8 Å². The lowest BCUT2D eigenvalue weighted by Gasteiger charge is -2.06. The van der Waals surface area contributed by atoms with Crippen LogP contribution in [-0.2, 0) is 11.8 Å². The third-order valence-electron chi connectivity index (χ3n) is 2.26. The van der Waals surface area contributed by atoms with E-state index in [2.05, 4.69) is 10.3 Å². The van der Waals surface area contributed by atoms with Crippen molar-refractivity contribution in [3.8, 4) is 0 Å². The maximum absolute atomic E-state index is 11.7. The van der Waals surface area contributed by atoms with Crippen molar-refractivity contribution >= 4 is 35.0 Å². The number of carbonyl (C=O) groups excluding carboxylic acids is 1. The van der Waals surface area contributed by atoms with Crippen LogP contribution in [0.15, 0.2) is 41.8 Å². The van der Waals surface area contributed by atoms with Crippen LogP contribution in [0.3, 0.4) is 0 Å². The summed E-state index contributed by atoms with van der Waals surface area (Å²) in [5, 5.41) is 4.11. The third-order valence-corrected chi connectivity index (χ3v) is 3.64.